The van der Waals surface area contributed by atoms with Crippen LogP contribution >= 0.6 is 34.8 Å². The van der Waals surface area contributed by atoms with Gasteiger partial charge in [-0.1, -0.05) is 180 Å². The van der Waals surface area contributed by atoms with E-state index in [1.165, 1.54) is 68.6 Å². The third-order valence-electron chi connectivity index (χ3n) is 20.0. The van der Waals surface area contributed by atoms with E-state index in [0.29, 0.717) is 21.7 Å². The van der Waals surface area contributed by atoms with Crippen LogP contribution in [0.4, 0.5) is 13.2 Å². The fourth-order valence-electron chi connectivity index (χ4n) is 13.9. The number of aromatic nitrogens is 14. The van der Waals surface area contributed by atoms with Gasteiger partial charge in [-0.2, -0.15) is 5.10 Å². The Balaban J connectivity index is 0.000000148. The van der Waals surface area contributed by atoms with Gasteiger partial charge >= 0.3 is 0 Å². The molecule has 588 valence electrons. The molecule has 0 saturated heterocycles. The second kappa shape index (κ2) is 31.6. The summed E-state index contributed by atoms with van der Waals surface area (Å²) < 4.78 is 54.9. The first kappa shape index (κ1) is 85.5. The highest BCUT2D eigenvalue weighted by atomic mass is 35.5. The van der Waals surface area contributed by atoms with Crippen LogP contribution in [0.3, 0.4) is 0 Å². The van der Waals surface area contributed by atoms with Crippen LogP contribution in [-0.2, 0) is 87.2 Å². The van der Waals surface area contributed by atoms with Crippen molar-refractivity contribution in [2.45, 2.75) is 223 Å². The number of hydrogen-bond acceptors (Lipinski definition) is 7. The van der Waals surface area contributed by atoms with Gasteiger partial charge in [0.25, 0.3) is 0 Å². The van der Waals surface area contributed by atoms with E-state index < -0.39 is 11.6 Å². The summed E-state index contributed by atoms with van der Waals surface area (Å²) >= 11 is 17.9. The van der Waals surface area contributed by atoms with Crippen molar-refractivity contribution >= 4 is 112 Å². The van der Waals surface area contributed by atoms with Gasteiger partial charge in [0.2, 0.25) is 0 Å². The first-order valence-electron chi connectivity index (χ1n) is 37.7. The van der Waals surface area contributed by atoms with E-state index in [1.54, 1.807) is 24.0 Å². The zero-order valence-corrected chi connectivity index (χ0v) is 73.2. The number of nitrogens with zero attached hydrogens (tertiary/aromatic N) is 14. The van der Waals surface area contributed by atoms with E-state index in [1.807, 2.05) is 115 Å². The lowest BCUT2D eigenvalue weighted by Gasteiger charge is -2.17. The first-order chi connectivity index (χ1) is 50.6. The van der Waals surface area contributed by atoms with Gasteiger partial charge < -0.3 is 27.4 Å². The largest absolute Gasteiger partial charge is 0.335 e. The fourth-order valence-corrected chi connectivity index (χ4v) is 14.4. The summed E-state index contributed by atoms with van der Waals surface area (Å²) in [6, 6.07) is 15.0. The molecule has 0 radical (unpaired) electrons. The summed E-state index contributed by atoms with van der Waals surface area (Å²) in [6.45, 7) is 51.5. The molecule has 1 saturated carbocycles. The lowest BCUT2D eigenvalue weighted by molar-refractivity contribution is 0.510. The number of pyridine rings is 6. The average molecular weight is 1560 g/mol. The van der Waals surface area contributed by atoms with Gasteiger partial charge in [-0.25, -0.2) is 43.1 Å². The van der Waals surface area contributed by atoms with Gasteiger partial charge in [0.05, 0.1) is 44.4 Å². The smallest absolute Gasteiger partial charge is 0.177 e. The Morgan fingerprint density at radius 3 is 1.23 bits per heavy atom. The van der Waals surface area contributed by atoms with E-state index in [0.717, 1.165) is 84.1 Å². The molecule has 1 aliphatic carbocycles. The molecule has 14 aromatic rings. The molecule has 1 aromatic carbocycles. The van der Waals surface area contributed by atoms with E-state index in [-0.39, 0.29) is 54.1 Å². The molecule has 0 bridgehead atoms. The van der Waals surface area contributed by atoms with Gasteiger partial charge in [-0.15, -0.1) is 0 Å². The quantitative estimate of drug-likeness (QED) is 0.160. The van der Waals surface area contributed by atoms with Crippen molar-refractivity contribution in [1.82, 2.24) is 67.1 Å². The van der Waals surface area contributed by atoms with E-state index >= 15 is 0 Å². The van der Waals surface area contributed by atoms with Crippen molar-refractivity contribution in [3.63, 3.8) is 0 Å². The number of benzene rings is 1. The van der Waals surface area contributed by atoms with Crippen LogP contribution in [-0.4, -0.2) is 67.1 Å². The molecule has 13 heterocycles. The number of aryl methyl sites for hydroxylation is 10. The van der Waals surface area contributed by atoms with Crippen LogP contribution in [0, 0.1) is 38.2 Å². The van der Waals surface area contributed by atoms with Crippen molar-refractivity contribution in [3.8, 4) is 0 Å². The van der Waals surface area contributed by atoms with Gasteiger partial charge in [-0.05, 0) is 165 Å². The summed E-state index contributed by atoms with van der Waals surface area (Å²) in [5, 5.41) is 13.2. The fraction of sp³-hybridized carbons (Fsp3) is 0.456. The maximum absolute atomic E-state index is 14.0. The van der Waals surface area contributed by atoms with Crippen LogP contribution in [0.15, 0.2) is 111 Å². The minimum atomic E-state index is -0.899. The Bertz CT molecular complexity index is 5500. The Kier molecular flexibility index (Phi) is 24.5. The number of fused-ring (bicyclic) bond motifs is 7. The lowest BCUT2D eigenvalue weighted by Crippen LogP contribution is -2.12. The second-order valence-electron chi connectivity index (χ2n) is 37.1. The molecule has 0 unspecified atom stereocenters. The summed E-state index contributed by atoms with van der Waals surface area (Å²) in [7, 11) is 13.8. The van der Waals surface area contributed by atoms with Crippen molar-refractivity contribution in [2.24, 2.45) is 49.3 Å². The maximum Gasteiger partial charge on any atom is 0.177 e. The van der Waals surface area contributed by atoms with E-state index in [4.69, 9.17) is 34.8 Å². The Hall–Kier alpha value is -8.51. The summed E-state index contributed by atoms with van der Waals surface area (Å²) in [4.78, 5) is 26.1. The molecule has 14 nitrogen and oxygen atoms in total. The highest BCUT2D eigenvalue weighted by Crippen LogP contribution is 2.43. The molecule has 1 fully saturated rings. The van der Waals surface area contributed by atoms with Crippen LogP contribution in [0.25, 0.3) is 77.1 Å². The van der Waals surface area contributed by atoms with Gasteiger partial charge in [0.15, 0.2) is 17.5 Å². The predicted molar refractivity (Wildman–Crippen MR) is 457 cm³/mol. The number of halogens is 6. The third kappa shape index (κ3) is 18.8. The topological polar surface area (TPSA) is 125 Å². The third-order valence-corrected chi connectivity index (χ3v) is 20.9. The molecule has 15 rings (SSSR count). The number of hydrogen-bond donors (Lipinski definition) is 0. The molecule has 0 N–H and O–H groups in total. The minimum absolute atomic E-state index is 0.0398. The molecule has 13 aromatic heterocycles. The predicted octanol–water partition coefficient (Wildman–Crippen LogP) is 24.3. The minimum Gasteiger partial charge on any atom is -0.335 e. The molecular weight excluding hydrogens is 1440 g/mol. The van der Waals surface area contributed by atoms with Gasteiger partial charge in [0.1, 0.15) is 33.9 Å². The normalized spacial score (nSPS) is 13.0. The van der Waals surface area contributed by atoms with Crippen molar-refractivity contribution in [1.29, 1.82) is 0 Å². The molecule has 0 aliphatic heterocycles. The maximum atomic E-state index is 14.0. The standard InChI is InChI=1S/C15H20N2.C13H17ClN2.2C13H18N2.C12H14ClFN2.C12H15ClN2.C12H14F2N2/c1-15(2,3)13-9-17(4)14-12(13)7-11(8-16-14)10-5-6-10;1-8-6-11-9(7-10(8)14)12(13(2,3)4)15-16(11)5;1-9-6-10-11(13(2,3)4)8-15(5)12(10)14-7-9;1-9-6-7-10-11(13(2,3)4)8-15(5)12(10)14-9;1-12(2,3)7-6-16(4)11-9(7)10(14)8(13)5-15-11;1-12(2,3)10-7-15(4)11-9(10)5-8(13)6-14-11;1-12(2,3)7-6-16(4)11-9(7)10(14)8(13)5-15-11/h7-10H,5-6H2,1-4H3;6-7H,1-5H3;2*6-8H,1-5H3;5-6H,1-4H3;5-7H,1-4H3;5-6H,1-4H3. The van der Waals surface area contributed by atoms with Crippen LogP contribution in [0.5, 0.6) is 0 Å². The highest BCUT2D eigenvalue weighted by Gasteiger charge is 2.30. The van der Waals surface area contributed by atoms with Crippen molar-refractivity contribution in [3.05, 3.63) is 205 Å². The van der Waals surface area contributed by atoms with Crippen molar-refractivity contribution < 1.29 is 13.2 Å². The average Bonchev–Trinajstić information content (AvgIpc) is 1.74. The SMILES string of the molecule is Cc1cc2c(cc1Cl)c(C(C)(C)C)nn2C.Cc1ccc2c(C(C)(C)C)cn(C)c2n1.Cc1cnc2c(c1)c(C(C)(C)C)cn2C.Cn1cc(C(C)(C)C)c2c(F)c(Cl)cnc21.Cn1cc(C(C)(C)C)c2c(F)c(F)cnc21.Cn1cc(C(C)(C)C)c2cc(C3CC3)cnc21.Cn1cc(C(C)(C)C)c2cc(Cl)cnc21. The zero-order valence-electron chi connectivity index (χ0n) is 70.9. The molecule has 0 spiro atoms. The molecular formula is C90H116Cl3F3N14. The summed E-state index contributed by atoms with van der Waals surface area (Å²) in [5.41, 5.74) is 19.9. The van der Waals surface area contributed by atoms with Crippen LogP contribution < -0.4 is 0 Å². The molecule has 20 heteroatoms. The lowest BCUT2D eigenvalue weighted by atomic mass is 9.87. The van der Waals surface area contributed by atoms with Gasteiger partial charge in [0, 0.05) is 148 Å². The monoisotopic (exact) mass is 1550 g/mol. The Morgan fingerprint density at radius 1 is 0.373 bits per heavy atom. The highest BCUT2D eigenvalue weighted by molar-refractivity contribution is 6.32. The summed E-state index contributed by atoms with van der Waals surface area (Å²) in [6.07, 6.45) is 23.1. The molecule has 0 atom stereocenters. The van der Waals surface area contributed by atoms with E-state index in [9.17, 15) is 13.2 Å². The Labute approximate surface area is 664 Å². The second-order valence-corrected chi connectivity index (χ2v) is 38.4. The first-order valence-corrected chi connectivity index (χ1v) is 38.9. The number of rotatable bonds is 1. The van der Waals surface area contributed by atoms with Crippen molar-refractivity contribution in [2.75, 3.05) is 0 Å². The summed E-state index contributed by atoms with van der Waals surface area (Å²) in [5.74, 6) is -1.31. The van der Waals surface area contributed by atoms with Crippen LogP contribution in [0.2, 0.25) is 15.1 Å². The van der Waals surface area contributed by atoms with E-state index in [2.05, 4.69) is 242 Å². The zero-order chi connectivity index (χ0) is 82.1. The molecule has 1 aliphatic rings. The molecule has 110 heavy (non-hydrogen) atoms. The van der Waals surface area contributed by atoms with Crippen LogP contribution in [0.1, 0.15) is 226 Å². The molecule has 0 amide bonds. The Morgan fingerprint density at radius 2 is 0.764 bits per heavy atom. The van der Waals surface area contributed by atoms with Gasteiger partial charge in [-0.3, -0.25) is 4.68 Å².